The van der Waals surface area contributed by atoms with Gasteiger partial charge in [0.25, 0.3) is 0 Å². The van der Waals surface area contributed by atoms with Gasteiger partial charge in [-0.15, -0.1) is 0 Å². The van der Waals surface area contributed by atoms with Crippen LogP contribution in [0.5, 0.6) is 0 Å². The SMILES string of the molecule is c1ccc(-c2cc(-c3ccc(-c4cc5oc6ccc7oc8ccccc8c7c6c5c5ccccc45)cc3)cc(-c3ccccc3)n2)cc1. The number of fused-ring (bicyclic) bond motifs is 9. The van der Waals surface area contributed by atoms with E-state index in [4.69, 9.17) is 13.8 Å². The maximum Gasteiger partial charge on any atom is 0.136 e. The fourth-order valence-electron chi connectivity index (χ4n) is 7.23. The summed E-state index contributed by atoms with van der Waals surface area (Å²) in [6, 6.07) is 57.2. The highest BCUT2D eigenvalue weighted by Crippen LogP contribution is 2.45. The van der Waals surface area contributed by atoms with E-state index in [1.807, 2.05) is 36.4 Å². The van der Waals surface area contributed by atoms with Crippen molar-refractivity contribution in [1.82, 2.24) is 4.98 Å². The van der Waals surface area contributed by atoms with Crippen LogP contribution in [-0.2, 0) is 0 Å². The van der Waals surface area contributed by atoms with E-state index in [1.54, 1.807) is 0 Å². The highest BCUT2D eigenvalue weighted by molar-refractivity contribution is 6.31. The van der Waals surface area contributed by atoms with Gasteiger partial charge >= 0.3 is 0 Å². The first-order valence-electron chi connectivity index (χ1n) is 16.2. The molecule has 0 atom stereocenters. The van der Waals surface area contributed by atoms with Crippen LogP contribution >= 0.6 is 0 Å². The molecule has 0 bridgehead atoms. The highest BCUT2D eigenvalue weighted by Gasteiger charge is 2.20. The molecule has 48 heavy (non-hydrogen) atoms. The third kappa shape index (κ3) is 4.18. The third-order valence-electron chi connectivity index (χ3n) is 9.48. The minimum absolute atomic E-state index is 0.864. The van der Waals surface area contributed by atoms with Crippen molar-refractivity contribution >= 4 is 54.6 Å². The lowest BCUT2D eigenvalue weighted by Gasteiger charge is -2.12. The van der Waals surface area contributed by atoms with E-state index < -0.39 is 0 Å². The number of hydrogen-bond donors (Lipinski definition) is 0. The Kier molecular flexibility index (Phi) is 5.87. The zero-order chi connectivity index (χ0) is 31.6. The summed E-state index contributed by atoms with van der Waals surface area (Å²) in [5, 5.41) is 6.79. The number of pyridine rings is 1. The van der Waals surface area contributed by atoms with E-state index in [9.17, 15) is 0 Å². The number of nitrogens with zero attached hydrogens (tertiary/aromatic N) is 1. The summed E-state index contributed by atoms with van der Waals surface area (Å²) in [4.78, 5) is 5.06. The van der Waals surface area contributed by atoms with Crippen LogP contribution < -0.4 is 0 Å². The van der Waals surface area contributed by atoms with E-state index >= 15 is 0 Å². The molecule has 0 unspecified atom stereocenters. The largest absolute Gasteiger partial charge is 0.456 e. The molecule has 0 radical (unpaired) electrons. The van der Waals surface area contributed by atoms with Crippen LogP contribution in [-0.4, -0.2) is 4.98 Å². The van der Waals surface area contributed by atoms with Gasteiger partial charge < -0.3 is 8.83 Å². The van der Waals surface area contributed by atoms with Crippen molar-refractivity contribution in [3.05, 3.63) is 164 Å². The molecule has 0 spiro atoms. The molecule has 3 heteroatoms. The smallest absolute Gasteiger partial charge is 0.136 e. The molecule has 3 heterocycles. The molecule has 0 aliphatic carbocycles. The number of aromatic nitrogens is 1. The summed E-state index contributed by atoms with van der Waals surface area (Å²) in [5.41, 5.74) is 12.1. The van der Waals surface area contributed by atoms with Gasteiger partial charge in [0.2, 0.25) is 0 Å². The van der Waals surface area contributed by atoms with Gasteiger partial charge in [-0.1, -0.05) is 127 Å². The number of furan rings is 2. The Morgan fingerprint density at radius 1 is 0.312 bits per heavy atom. The van der Waals surface area contributed by atoms with E-state index in [-0.39, 0.29) is 0 Å². The van der Waals surface area contributed by atoms with Crippen molar-refractivity contribution in [3.8, 4) is 44.8 Å². The second-order valence-corrected chi connectivity index (χ2v) is 12.3. The van der Waals surface area contributed by atoms with E-state index in [1.165, 1.54) is 10.8 Å². The van der Waals surface area contributed by atoms with Gasteiger partial charge in [-0.25, -0.2) is 4.98 Å². The minimum Gasteiger partial charge on any atom is -0.456 e. The van der Waals surface area contributed by atoms with Crippen LogP contribution in [0.2, 0.25) is 0 Å². The fraction of sp³-hybridized carbons (Fsp3) is 0. The summed E-state index contributed by atoms with van der Waals surface area (Å²) in [5.74, 6) is 0. The Morgan fingerprint density at radius 3 is 1.52 bits per heavy atom. The van der Waals surface area contributed by atoms with Crippen molar-refractivity contribution in [2.24, 2.45) is 0 Å². The van der Waals surface area contributed by atoms with Gasteiger partial charge in [0.1, 0.15) is 22.3 Å². The van der Waals surface area contributed by atoms with Crippen LogP contribution in [0.1, 0.15) is 0 Å². The summed E-state index contributed by atoms with van der Waals surface area (Å²) in [6.07, 6.45) is 0. The summed E-state index contributed by atoms with van der Waals surface area (Å²) < 4.78 is 12.9. The molecule has 0 aliphatic rings. The van der Waals surface area contributed by atoms with Gasteiger partial charge in [-0.2, -0.15) is 0 Å². The van der Waals surface area contributed by atoms with Crippen molar-refractivity contribution in [1.29, 1.82) is 0 Å². The number of para-hydroxylation sites is 1. The first-order valence-corrected chi connectivity index (χ1v) is 16.2. The second kappa shape index (κ2) is 10.5. The van der Waals surface area contributed by atoms with E-state index in [0.29, 0.717) is 0 Å². The van der Waals surface area contributed by atoms with Crippen LogP contribution in [0.3, 0.4) is 0 Å². The van der Waals surface area contributed by atoms with Crippen LogP contribution in [0.15, 0.2) is 173 Å². The van der Waals surface area contributed by atoms with Crippen LogP contribution in [0.25, 0.3) is 99.4 Å². The number of hydrogen-bond acceptors (Lipinski definition) is 3. The van der Waals surface area contributed by atoms with Crippen LogP contribution in [0.4, 0.5) is 0 Å². The minimum atomic E-state index is 0.864. The predicted octanol–water partition coefficient (Wildman–Crippen LogP) is 12.7. The van der Waals surface area contributed by atoms with Crippen molar-refractivity contribution < 1.29 is 8.83 Å². The maximum atomic E-state index is 6.60. The molecule has 0 saturated carbocycles. The van der Waals surface area contributed by atoms with Crippen molar-refractivity contribution in [3.63, 3.8) is 0 Å². The average molecular weight is 614 g/mol. The monoisotopic (exact) mass is 613 g/mol. The second-order valence-electron chi connectivity index (χ2n) is 12.3. The normalized spacial score (nSPS) is 11.8. The number of rotatable bonds is 4. The topological polar surface area (TPSA) is 39.2 Å². The van der Waals surface area contributed by atoms with E-state index in [0.717, 1.165) is 88.6 Å². The zero-order valence-corrected chi connectivity index (χ0v) is 25.9. The molecule has 3 nitrogen and oxygen atoms in total. The molecular formula is C45H27NO2. The third-order valence-corrected chi connectivity index (χ3v) is 9.48. The Bertz CT molecular complexity index is 2750. The molecule has 0 aliphatic heterocycles. The highest BCUT2D eigenvalue weighted by atomic mass is 16.3. The molecule has 0 amide bonds. The standard InChI is InChI=1S/C45H27NO2/c1-3-11-30(12-4-1)37-25-32(26-38(46-37)31-13-5-2-6-14-31)28-19-21-29(22-20-28)36-27-42-43(34-16-8-7-15-33(34)36)45-41(48-42)24-23-40-44(45)35-17-9-10-18-39(35)47-40/h1-27H. The average Bonchev–Trinajstić information content (AvgIpc) is 3.73. The van der Waals surface area contributed by atoms with Crippen molar-refractivity contribution in [2.45, 2.75) is 0 Å². The Hall–Kier alpha value is -6.45. The summed E-state index contributed by atoms with van der Waals surface area (Å²) in [7, 11) is 0. The molecule has 0 fully saturated rings. The molecule has 3 aromatic heterocycles. The van der Waals surface area contributed by atoms with Gasteiger partial charge in [0.15, 0.2) is 0 Å². The first-order chi connectivity index (χ1) is 23.8. The molecule has 10 rings (SSSR count). The lowest BCUT2D eigenvalue weighted by atomic mass is 9.93. The maximum absolute atomic E-state index is 6.60. The quantitative estimate of drug-likeness (QED) is 0.198. The fourth-order valence-corrected chi connectivity index (χ4v) is 7.23. The Labute approximate surface area is 276 Å². The summed E-state index contributed by atoms with van der Waals surface area (Å²) >= 11 is 0. The van der Waals surface area contributed by atoms with Crippen LogP contribution in [0, 0.1) is 0 Å². The van der Waals surface area contributed by atoms with Gasteiger partial charge in [0.05, 0.1) is 11.4 Å². The Balaban J connectivity index is 1.14. The van der Waals surface area contributed by atoms with Crippen molar-refractivity contribution in [2.75, 3.05) is 0 Å². The van der Waals surface area contributed by atoms with Gasteiger partial charge in [0, 0.05) is 32.7 Å². The molecule has 10 aromatic rings. The predicted molar refractivity (Wildman–Crippen MR) is 198 cm³/mol. The Morgan fingerprint density at radius 2 is 0.833 bits per heavy atom. The first kappa shape index (κ1) is 26.7. The summed E-state index contributed by atoms with van der Waals surface area (Å²) in [6.45, 7) is 0. The molecule has 7 aromatic carbocycles. The van der Waals surface area contributed by atoms with E-state index in [2.05, 4.69) is 127 Å². The lowest BCUT2D eigenvalue weighted by molar-refractivity contribution is 0.663. The zero-order valence-electron chi connectivity index (χ0n) is 25.9. The lowest BCUT2D eigenvalue weighted by Crippen LogP contribution is -1.91. The number of benzene rings is 7. The molecule has 0 N–H and O–H groups in total. The molecule has 0 saturated heterocycles. The molecular weight excluding hydrogens is 587 g/mol. The van der Waals surface area contributed by atoms with Gasteiger partial charge in [-0.3, -0.25) is 0 Å². The van der Waals surface area contributed by atoms with Gasteiger partial charge in [-0.05, 0) is 69.4 Å². The molecule has 224 valence electrons.